The summed E-state index contributed by atoms with van der Waals surface area (Å²) in [6, 6.07) is 16.4. The normalized spacial score (nSPS) is 13.6. The molecule has 0 atom stereocenters. The van der Waals surface area contributed by atoms with Crippen molar-refractivity contribution in [3.63, 3.8) is 0 Å². The van der Waals surface area contributed by atoms with Crippen LogP contribution in [-0.4, -0.2) is 36.1 Å². The minimum absolute atomic E-state index is 0.107. The summed E-state index contributed by atoms with van der Waals surface area (Å²) in [6.45, 7) is 10.7. The summed E-state index contributed by atoms with van der Waals surface area (Å²) in [5.41, 5.74) is 6.02. The average Bonchev–Trinajstić information content (AvgIpc) is 3.38. The van der Waals surface area contributed by atoms with Gasteiger partial charge in [0.05, 0.1) is 12.1 Å². The number of tetrazole rings is 1. The van der Waals surface area contributed by atoms with E-state index in [0.717, 1.165) is 52.2 Å². The Morgan fingerprint density at radius 2 is 1.68 bits per heavy atom. The van der Waals surface area contributed by atoms with Crippen molar-refractivity contribution in [2.24, 2.45) is 0 Å². The van der Waals surface area contributed by atoms with Crippen LogP contribution < -0.4 is 4.90 Å². The number of anilines is 1. The van der Waals surface area contributed by atoms with Gasteiger partial charge in [-0.25, -0.2) is 9.97 Å². The second-order valence-corrected chi connectivity index (χ2v) is 10.6. The lowest BCUT2D eigenvalue weighted by molar-refractivity contribution is -0.119. The minimum Gasteiger partial charge on any atom is -0.292 e. The molecule has 0 aliphatic carbocycles. The van der Waals surface area contributed by atoms with E-state index in [1.54, 1.807) is 4.80 Å². The van der Waals surface area contributed by atoms with Crippen LogP contribution in [0.25, 0.3) is 22.5 Å². The van der Waals surface area contributed by atoms with Crippen molar-refractivity contribution in [2.75, 3.05) is 4.90 Å². The van der Waals surface area contributed by atoms with Crippen molar-refractivity contribution >= 4 is 11.7 Å². The summed E-state index contributed by atoms with van der Waals surface area (Å²) in [5.74, 6) is 2.19. The number of aromatic nitrogens is 6. The highest BCUT2D eigenvalue weighted by Crippen LogP contribution is 2.32. The van der Waals surface area contributed by atoms with Crippen LogP contribution in [0.5, 0.6) is 0 Å². The maximum absolute atomic E-state index is 12.9. The number of amides is 1. The summed E-state index contributed by atoms with van der Waals surface area (Å²) in [6.07, 6.45) is 3.12. The molecule has 3 heterocycles. The number of rotatable bonds is 6. The molecule has 0 bridgehead atoms. The van der Waals surface area contributed by atoms with Crippen LogP contribution in [0.4, 0.5) is 5.82 Å². The molecule has 1 amide bonds. The predicted octanol–water partition coefficient (Wildman–Crippen LogP) is 5.29. The van der Waals surface area contributed by atoms with Gasteiger partial charge in [0.1, 0.15) is 11.6 Å². The number of nitrogens with zero attached hydrogens (tertiary/aromatic N) is 7. The van der Waals surface area contributed by atoms with Gasteiger partial charge in [0.15, 0.2) is 0 Å². The monoisotopic (exact) mass is 495 g/mol. The Hall–Kier alpha value is -3.94. The van der Waals surface area contributed by atoms with E-state index in [-0.39, 0.29) is 11.4 Å². The van der Waals surface area contributed by atoms with Crippen molar-refractivity contribution in [1.82, 2.24) is 30.2 Å². The Balaban J connectivity index is 1.43. The molecule has 0 saturated heterocycles. The molecular weight excluding hydrogens is 462 g/mol. The molecule has 5 rings (SSSR count). The first-order chi connectivity index (χ1) is 17.7. The Bertz CT molecular complexity index is 1430. The quantitative estimate of drug-likeness (QED) is 0.361. The molecule has 0 radical (unpaired) electrons. The summed E-state index contributed by atoms with van der Waals surface area (Å²) in [7, 11) is 0. The molecule has 0 fully saturated rings. The lowest BCUT2D eigenvalue weighted by atomic mass is 9.97. The molecule has 2 aromatic carbocycles. The van der Waals surface area contributed by atoms with Crippen molar-refractivity contribution in [3.8, 4) is 22.5 Å². The van der Waals surface area contributed by atoms with E-state index in [9.17, 15) is 4.79 Å². The third kappa shape index (κ3) is 5.01. The van der Waals surface area contributed by atoms with Crippen molar-refractivity contribution in [2.45, 2.75) is 72.4 Å². The number of aryl methyl sites for hydroxylation is 2. The van der Waals surface area contributed by atoms with E-state index in [1.807, 2.05) is 50.8 Å². The molecule has 0 N–H and O–H groups in total. The highest BCUT2D eigenvalue weighted by Gasteiger charge is 2.28. The SMILES string of the molecule is CCCc1nc(C)nc2c1CCC(=O)N2Cc1ccc(-c2ccccc2-c2nnn(C(C)(C)C)n2)cc1. The number of hydrogen-bond acceptors (Lipinski definition) is 6. The summed E-state index contributed by atoms with van der Waals surface area (Å²) in [4.78, 5) is 25.8. The van der Waals surface area contributed by atoms with Crippen molar-refractivity contribution < 1.29 is 4.79 Å². The van der Waals surface area contributed by atoms with E-state index < -0.39 is 0 Å². The third-order valence-corrected chi connectivity index (χ3v) is 6.60. The molecule has 8 nitrogen and oxygen atoms in total. The van der Waals surface area contributed by atoms with Gasteiger partial charge in [-0.3, -0.25) is 9.69 Å². The van der Waals surface area contributed by atoms with Crippen molar-refractivity contribution in [3.05, 3.63) is 71.2 Å². The van der Waals surface area contributed by atoms with E-state index >= 15 is 0 Å². The maximum atomic E-state index is 12.9. The van der Waals surface area contributed by atoms with Gasteiger partial charge >= 0.3 is 0 Å². The van der Waals surface area contributed by atoms with Crippen LogP contribution in [0, 0.1) is 6.92 Å². The fourth-order valence-corrected chi connectivity index (χ4v) is 4.72. The van der Waals surface area contributed by atoms with Gasteiger partial charge in [0.2, 0.25) is 11.7 Å². The molecule has 190 valence electrons. The maximum Gasteiger partial charge on any atom is 0.228 e. The van der Waals surface area contributed by atoms with E-state index in [4.69, 9.17) is 0 Å². The Kier molecular flexibility index (Phi) is 6.58. The predicted molar refractivity (Wildman–Crippen MR) is 144 cm³/mol. The molecule has 0 spiro atoms. The molecule has 4 aromatic rings. The lowest BCUT2D eigenvalue weighted by Crippen LogP contribution is -2.36. The van der Waals surface area contributed by atoms with E-state index in [2.05, 4.69) is 62.6 Å². The Morgan fingerprint density at radius 3 is 2.35 bits per heavy atom. The van der Waals surface area contributed by atoms with E-state index in [0.29, 0.717) is 31.0 Å². The van der Waals surface area contributed by atoms with Crippen LogP contribution in [-0.2, 0) is 29.7 Å². The fraction of sp³-hybridized carbons (Fsp3) is 0.379. The largest absolute Gasteiger partial charge is 0.292 e. The van der Waals surface area contributed by atoms with Gasteiger partial charge in [-0.2, -0.15) is 4.80 Å². The van der Waals surface area contributed by atoms with Crippen LogP contribution in [0.3, 0.4) is 0 Å². The van der Waals surface area contributed by atoms with Crippen LogP contribution in [0.2, 0.25) is 0 Å². The standard InChI is InChI=1S/C29H33N7O/c1-6-9-25-24-16-17-26(37)35(28(24)31-19(2)30-25)18-20-12-14-21(15-13-20)22-10-7-8-11-23(22)27-32-34-36(33-27)29(3,4)5/h7-8,10-15H,6,9,16-18H2,1-5H3. The number of fused-ring (bicyclic) bond motifs is 1. The Labute approximate surface area is 217 Å². The molecule has 2 aromatic heterocycles. The van der Waals surface area contributed by atoms with Gasteiger partial charge in [-0.05, 0) is 62.4 Å². The average molecular weight is 496 g/mol. The highest BCUT2D eigenvalue weighted by atomic mass is 16.2. The zero-order valence-corrected chi connectivity index (χ0v) is 22.2. The Morgan fingerprint density at radius 1 is 0.946 bits per heavy atom. The topological polar surface area (TPSA) is 89.7 Å². The summed E-state index contributed by atoms with van der Waals surface area (Å²) in [5, 5.41) is 13.2. The highest BCUT2D eigenvalue weighted by molar-refractivity contribution is 5.95. The summed E-state index contributed by atoms with van der Waals surface area (Å²) >= 11 is 0. The second-order valence-electron chi connectivity index (χ2n) is 10.6. The lowest BCUT2D eigenvalue weighted by Gasteiger charge is -2.29. The first-order valence-corrected chi connectivity index (χ1v) is 12.9. The number of carbonyl (C=O) groups excluding carboxylic acids is 1. The summed E-state index contributed by atoms with van der Waals surface area (Å²) < 4.78 is 0. The zero-order chi connectivity index (χ0) is 26.2. The van der Waals surface area contributed by atoms with Crippen molar-refractivity contribution in [1.29, 1.82) is 0 Å². The fourth-order valence-electron chi connectivity index (χ4n) is 4.72. The molecule has 37 heavy (non-hydrogen) atoms. The number of carbonyl (C=O) groups is 1. The second kappa shape index (κ2) is 9.84. The van der Waals surface area contributed by atoms with E-state index in [1.165, 1.54) is 0 Å². The van der Waals surface area contributed by atoms with Crippen LogP contribution in [0.15, 0.2) is 48.5 Å². The minimum atomic E-state index is -0.243. The smallest absolute Gasteiger partial charge is 0.228 e. The molecule has 0 unspecified atom stereocenters. The van der Waals surface area contributed by atoms with Gasteiger partial charge < -0.3 is 0 Å². The molecule has 1 aliphatic rings. The number of hydrogen-bond donors (Lipinski definition) is 0. The van der Waals surface area contributed by atoms with Gasteiger partial charge in [0.25, 0.3) is 0 Å². The number of benzene rings is 2. The van der Waals surface area contributed by atoms with Gasteiger partial charge in [0, 0.05) is 23.2 Å². The van der Waals surface area contributed by atoms with Gasteiger partial charge in [-0.15, -0.1) is 10.2 Å². The molecule has 8 heteroatoms. The third-order valence-electron chi connectivity index (χ3n) is 6.60. The molecule has 0 saturated carbocycles. The van der Waals surface area contributed by atoms with Gasteiger partial charge in [-0.1, -0.05) is 61.9 Å². The van der Waals surface area contributed by atoms with Crippen LogP contribution in [0.1, 0.15) is 63.2 Å². The van der Waals surface area contributed by atoms with Crippen LogP contribution >= 0.6 is 0 Å². The molecule has 1 aliphatic heterocycles. The molecular formula is C29H33N7O. The first kappa shape index (κ1) is 24.7. The first-order valence-electron chi connectivity index (χ1n) is 12.9. The zero-order valence-electron chi connectivity index (χ0n) is 22.2.